The first-order chi connectivity index (χ1) is 6.85. The van der Waals surface area contributed by atoms with Crippen LogP contribution in [0.2, 0.25) is 0 Å². The maximum Gasteiger partial charge on any atom is 0.410 e. The van der Waals surface area contributed by atoms with Crippen LogP contribution in [0.25, 0.3) is 0 Å². The number of nitrogens with zero attached hydrogens (tertiary/aromatic N) is 1. The normalized spacial score (nSPS) is 20.5. The SMILES string of the molecule is CC(C)(C)OC(=O)N1CCC1C(=O)NN. The lowest BCUT2D eigenvalue weighted by Gasteiger charge is -2.39. The Morgan fingerprint density at radius 1 is 1.47 bits per heavy atom. The summed E-state index contributed by atoms with van der Waals surface area (Å²) in [4.78, 5) is 24.1. The van der Waals surface area contributed by atoms with Crippen molar-refractivity contribution in [3.8, 4) is 0 Å². The predicted molar refractivity (Wildman–Crippen MR) is 53.7 cm³/mol. The van der Waals surface area contributed by atoms with Crippen molar-refractivity contribution >= 4 is 12.0 Å². The highest BCUT2D eigenvalue weighted by molar-refractivity contribution is 5.86. The quantitative estimate of drug-likeness (QED) is 0.366. The van der Waals surface area contributed by atoms with Gasteiger partial charge in [-0.3, -0.25) is 15.1 Å². The summed E-state index contributed by atoms with van der Waals surface area (Å²) in [6.45, 7) is 5.88. The summed E-state index contributed by atoms with van der Waals surface area (Å²) in [5.74, 6) is 4.64. The molecule has 1 unspecified atom stereocenters. The minimum absolute atomic E-state index is 0.355. The average molecular weight is 215 g/mol. The second-order valence-electron chi connectivity index (χ2n) is 4.49. The highest BCUT2D eigenvalue weighted by atomic mass is 16.6. The number of hydrazine groups is 1. The molecule has 1 saturated heterocycles. The molecule has 1 aliphatic rings. The number of carbonyl (C=O) groups is 2. The summed E-state index contributed by atoms with van der Waals surface area (Å²) in [6.07, 6.45) is 0.157. The number of nitrogens with two attached hydrogens (primary N) is 1. The molecular formula is C9H17N3O3. The topological polar surface area (TPSA) is 84.7 Å². The summed E-state index contributed by atoms with van der Waals surface area (Å²) < 4.78 is 5.13. The Kier molecular flexibility index (Phi) is 3.18. The number of amides is 2. The van der Waals surface area contributed by atoms with Gasteiger partial charge in [-0.2, -0.15) is 0 Å². The molecule has 0 bridgehead atoms. The molecule has 6 nitrogen and oxygen atoms in total. The summed E-state index contributed by atoms with van der Waals surface area (Å²) >= 11 is 0. The molecule has 0 radical (unpaired) electrons. The molecule has 1 rings (SSSR count). The van der Waals surface area contributed by atoms with Gasteiger partial charge in [-0.25, -0.2) is 10.6 Å². The number of likely N-dealkylation sites (tertiary alicyclic amines) is 1. The van der Waals surface area contributed by atoms with E-state index in [1.807, 2.05) is 5.43 Å². The molecule has 15 heavy (non-hydrogen) atoms. The monoisotopic (exact) mass is 215 g/mol. The Morgan fingerprint density at radius 3 is 2.40 bits per heavy atom. The third-order valence-electron chi connectivity index (χ3n) is 2.09. The van der Waals surface area contributed by atoms with E-state index in [0.717, 1.165) is 0 Å². The Labute approximate surface area is 88.7 Å². The largest absolute Gasteiger partial charge is 0.444 e. The van der Waals surface area contributed by atoms with Crippen molar-refractivity contribution in [3.63, 3.8) is 0 Å². The van der Waals surface area contributed by atoms with E-state index in [2.05, 4.69) is 0 Å². The number of nitrogens with one attached hydrogen (secondary N) is 1. The highest BCUT2D eigenvalue weighted by Gasteiger charge is 2.39. The number of carbonyl (C=O) groups excluding carboxylic acids is 2. The van der Waals surface area contributed by atoms with E-state index >= 15 is 0 Å². The second kappa shape index (κ2) is 4.06. The van der Waals surface area contributed by atoms with Gasteiger partial charge in [-0.1, -0.05) is 0 Å². The first-order valence-electron chi connectivity index (χ1n) is 4.85. The summed E-state index contributed by atoms with van der Waals surface area (Å²) in [5, 5.41) is 0. The lowest BCUT2D eigenvalue weighted by molar-refractivity contribution is -0.130. The Balaban J connectivity index is 2.51. The van der Waals surface area contributed by atoms with Gasteiger partial charge in [0.15, 0.2) is 0 Å². The molecule has 1 fully saturated rings. The molecule has 6 heteroatoms. The molecule has 86 valence electrons. The van der Waals surface area contributed by atoms with Gasteiger partial charge < -0.3 is 4.74 Å². The van der Waals surface area contributed by atoms with E-state index in [9.17, 15) is 9.59 Å². The van der Waals surface area contributed by atoms with Crippen LogP contribution >= 0.6 is 0 Å². The standard InChI is InChI=1S/C9H17N3O3/c1-9(2,3)15-8(14)12-5-4-6(12)7(13)11-10/h6H,4-5,10H2,1-3H3,(H,11,13). The van der Waals surface area contributed by atoms with Crippen molar-refractivity contribution in [2.45, 2.75) is 38.8 Å². The van der Waals surface area contributed by atoms with E-state index in [-0.39, 0.29) is 5.91 Å². The fourth-order valence-corrected chi connectivity index (χ4v) is 1.30. The molecule has 2 amide bonds. The molecule has 1 atom stereocenters. The first-order valence-corrected chi connectivity index (χ1v) is 4.85. The van der Waals surface area contributed by atoms with Gasteiger partial charge in [0.1, 0.15) is 11.6 Å². The van der Waals surface area contributed by atoms with Crippen molar-refractivity contribution in [1.82, 2.24) is 10.3 Å². The zero-order chi connectivity index (χ0) is 11.6. The van der Waals surface area contributed by atoms with E-state index in [4.69, 9.17) is 10.6 Å². The molecule has 0 aromatic rings. The molecular weight excluding hydrogens is 198 g/mol. The molecule has 0 aromatic heterocycles. The number of hydrogen-bond donors (Lipinski definition) is 2. The average Bonchev–Trinajstić information content (AvgIpc) is 1.97. The van der Waals surface area contributed by atoms with Crippen LogP contribution in [0.4, 0.5) is 4.79 Å². The van der Waals surface area contributed by atoms with Crippen molar-refractivity contribution in [2.75, 3.05) is 6.54 Å². The van der Waals surface area contributed by atoms with Gasteiger partial charge in [-0.05, 0) is 27.2 Å². The van der Waals surface area contributed by atoms with Crippen LogP contribution in [0.5, 0.6) is 0 Å². The minimum Gasteiger partial charge on any atom is -0.444 e. The van der Waals surface area contributed by atoms with Crippen LogP contribution < -0.4 is 11.3 Å². The molecule has 1 aliphatic heterocycles. The van der Waals surface area contributed by atoms with Gasteiger partial charge in [0, 0.05) is 6.54 Å². The summed E-state index contributed by atoms with van der Waals surface area (Å²) in [6, 6.07) is -0.482. The Hall–Kier alpha value is -1.30. The second-order valence-corrected chi connectivity index (χ2v) is 4.49. The fourth-order valence-electron chi connectivity index (χ4n) is 1.30. The molecule has 3 N–H and O–H groups in total. The third kappa shape index (κ3) is 2.82. The molecule has 0 saturated carbocycles. The van der Waals surface area contributed by atoms with Crippen LogP contribution in [-0.2, 0) is 9.53 Å². The molecule has 0 aromatic carbocycles. The fraction of sp³-hybridized carbons (Fsp3) is 0.778. The van der Waals surface area contributed by atoms with E-state index in [0.29, 0.717) is 13.0 Å². The predicted octanol–water partition coefficient (Wildman–Crippen LogP) is -0.0143. The van der Waals surface area contributed by atoms with Gasteiger partial charge in [0.25, 0.3) is 5.91 Å². The molecule has 0 spiro atoms. The lowest BCUT2D eigenvalue weighted by Crippen LogP contribution is -2.60. The smallest absolute Gasteiger partial charge is 0.410 e. The van der Waals surface area contributed by atoms with Crippen LogP contribution in [0.1, 0.15) is 27.2 Å². The number of hydrogen-bond acceptors (Lipinski definition) is 4. The number of ether oxygens (including phenoxy) is 1. The maximum absolute atomic E-state index is 11.6. The van der Waals surface area contributed by atoms with Gasteiger partial charge >= 0.3 is 6.09 Å². The molecule has 1 heterocycles. The van der Waals surface area contributed by atoms with Gasteiger partial charge in [0.05, 0.1) is 0 Å². The van der Waals surface area contributed by atoms with Crippen molar-refractivity contribution in [2.24, 2.45) is 5.84 Å². The summed E-state index contributed by atoms with van der Waals surface area (Å²) in [5.41, 5.74) is 1.48. The third-order valence-corrected chi connectivity index (χ3v) is 2.09. The highest BCUT2D eigenvalue weighted by Crippen LogP contribution is 2.20. The van der Waals surface area contributed by atoms with E-state index in [1.165, 1.54) is 4.90 Å². The van der Waals surface area contributed by atoms with Gasteiger partial charge in [0.2, 0.25) is 0 Å². The van der Waals surface area contributed by atoms with Crippen LogP contribution in [0.15, 0.2) is 0 Å². The molecule has 0 aliphatic carbocycles. The lowest BCUT2D eigenvalue weighted by atomic mass is 10.0. The minimum atomic E-state index is -0.545. The maximum atomic E-state index is 11.6. The van der Waals surface area contributed by atoms with Crippen LogP contribution in [0.3, 0.4) is 0 Å². The van der Waals surface area contributed by atoms with Crippen molar-refractivity contribution in [1.29, 1.82) is 0 Å². The van der Waals surface area contributed by atoms with Crippen molar-refractivity contribution < 1.29 is 14.3 Å². The zero-order valence-corrected chi connectivity index (χ0v) is 9.24. The van der Waals surface area contributed by atoms with Crippen LogP contribution in [-0.4, -0.2) is 35.1 Å². The Morgan fingerprint density at radius 2 is 2.07 bits per heavy atom. The Bertz CT molecular complexity index is 272. The van der Waals surface area contributed by atoms with Gasteiger partial charge in [-0.15, -0.1) is 0 Å². The summed E-state index contributed by atoms with van der Waals surface area (Å²) in [7, 11) is 0. The zero-order valence-electron chi connectivity index (χ0n) is 9.24. The van der Waals surface area contributed by atoms with E-state index in [1.54, 1.807) is 20.8 Å². The van der Waals surface area contributed by atoms with Crippen molar-refractivity contribution in [3.05, 3.63) is 0 Å². The number of rotatable bonds is 1. The van der Waals surface area contributed by atoms with E-state index < -0.39 is 17.7 Å². The first kappa shape index (κ1) is 11.8. The van der Waals surface area contributed by atoms with Crippen LogP contribution in [0, 0.1) is 0 Å².